The van der Waals surface area contributed by atoms with Crippen molar-refractivity contribution in [2.75, 3.05) is 18.6 Å². The van der Waals surface area contributed by atoms with Crippen molar-refractivity contribution in [3.8, 4) is 0 Å². The standard InChI is InChI=1S/C7H12O3S/c1-10-7(9)2-5-3-11-4-6(5)8/h5-6,8H,2-4H2,1H3/t5-,6-/m0/s1. The van der Waals surface area contributed by atoms with Gasteiger partial charge in [0, 0.05) is 11.7 Å². The van der Waals surface area contributed by atoms with Crippen molar-refractivity contribution in [3.05, 3.63) is 0 Å². The van der Waals surface area contributed by atoms with Gasteiger partial charge in [0.05, 0.1) is 19.6 Å². The van der Waals surface area contributed by atoms with Gasteiger partial charge >= 0.3 is 5.97 Å². The lowest BCUT2D eigenvalue weighted by Crippen LogP contribution is -2.21. The van der Waals surface area contributed by atoms with Crippen molar-refractivity contribution in [3.63, 3.8) is 0 Å². The minimum Gasteiger partial charge on any atom is -0.469 e. The first-order valence-corrected chi connectivity index (χ1v) is 4.72. The molecule has 1 heterocycles. The number of esters is 1. The van der Waals surface area contributed by atoms with E-state index >= 15 is 0 Å². The van der Waals surface area contributed by atoms with Crippen molar-refractivity contribution in [2.24, 2.45) is 5.92 Å². The molecule has 0 saturated carbocycles. The molecule has 0 spiro atoms. The number of carbonyl (C=O) groups is 1. The van der Waals surface area contributed by atoms with Crippen LogP contribution in [0.15, 0.2) is 0 Å². The Morgan fingerprint density at radius 2 is 2.45 bits per heavy atom. The minimum atomic E-state index is -0.320. The van der Waals surface area contributed by atoms with Crippen LogP contribution in [0.3, 0.4) is 0 Å². The van der Waals surface area contributed by atoms with E-state index in [4.69, 9.17) is 0 Å². The maximum atomic E-state index is 10.8. The van der Waals surface area contributed by atoms with E-state index in [9.17, 15) is 9.90 Å². The molecule has 0 aromatic heterocycles. The molecule has 3 nitrogen and oxygen atoms in total. The first-order valence-electron chi connectivity index (χ1n) is 3.56. The van der Waals surface area contributed by atoms with Crippen LogP contribution in [-0.4, -0.2) is 35.8 Å². The van der Waals surface area contributed by atoms with Crippen LogP contribution in [0.5, 0.6) is 0 Å². The Kier molecular flexibility index (Phi) is 3.20. The molecule has 1 N–H and O–H groups in total. The van der Waals surface area contributed by atoms with Crippen molar-refractivity contribution < 1.29 is 14.6 Å². The summed E-state index contributed by atoms with van der Waals surface area (Å²) in [6, 6.07) is 0. The number of hydrogen-bond donors (Lipinski definition) is 1. The Balaban J connectivity index is 2.30. The van der Waals surface area contributed by atoms with Crippen LogP contribution in [0, 0.1) is 5.92 Å². The third-order valence-corrected chi connectivity index (χ3v) is 3.06. The van der Waals surface area contributed by atoms with Crippen LogP contribution < -0.4 is 0 Å². The fraction of sp³-hybridized carbons (Fsp3) is 0.857. The molecule has 1 saturated heterocycles. The summed E-state index contributed by atoms with van der Waals surface area (Å²) in [6.07, 6.45) is 0.0316. The molecule has 1 fully saturated rings. The Hall–Kier alpha value is -0.220. The smallest absolute Gasteiger partial charge is 0.305 e. The van der Waals surface area contributed by atoms with Crippen LogP contribution >= 0.6 is 11.8 Å². The van der Waals surface area contributed by atoms with Gasteiger partial charge in [0.25, 0.3) is 0 Å². The van der Waals surface area contributed by atoms with Gasteiger partial charge in [0.2, 0.25) is 0 Å². The summed E-state index contributed by atoms with van der Waals surface area (Å²) in [4.78, 5) is 10.8. The van der Waals surface area contributed by atoms with Crippen molar-refractivity contribution >= 4 is 17.7 Å². The summed E-state index contributed by atoms with van der Waals surface area (Å²) in [6.45, 7) is 0. The van der Waals surface area contributed by atoms with E-state index < -0.39 is 0 Å². The van der Waals surface area contributed by atoms with Crippen LogP contribution in [0.25, 0.3) is 0 Å². The highest BCUT2D eigenvalue weighted by Crippen LogP contribution is 2.26. The zero-order valence-corrected chi connectivity index (χ0v) is 7.26. The summed E-state index contributed by atoms with van der Waals surface area (Å²) >= 11 is 1.68. The van der Waals surface area contributed by atoms with Crippen molar-refractivity contribution in [2.45, 2.75) is 12.5 Å². The zero-order chi connectivity index (χ0) is 8.27. The SMILES string of the molecule is COC(=O)C[C@H]1CSC[C@@H]1O. The molecule has 0 unspecified atom stereocenters. The second-order valence-electron chi connectivity index (χ2n) is 2.65. The quantitative estimate of drug-likeness (QED) is 0.614. The highest BCUT2D eigenvalue weighted by Gasteiger charge is 2.27. The van der Waals surface area contributed by atoms with Gasteiger partial charge in [-0.3, -0.25) is 4.79 Å². The van der Waals surface area contributed by atoms with E-state index in [0.29, 0.717) is 6.42 Å². The lowest BCUT2D eigenvalue weighted by Gasteiger charge is -2.10. The summed E-state index contributed by atoms with van der Waals surface area (Å²) in [5.41, 5.74) is 0. The number of hydrogen-bond acceptors (Lipinski definition) is 4. The molecule has 1 rings (SSSR count). The second kappa shape index (κ2) is 3.97. The average Bonchev–Trinajstić information content (AvgIpc) is 2.37. The van der Waals surface area contributed by atoms with E-state index in [-0.39, 0.29) is 18.0 Å². The second-order valence-corrected chi connectivity index (χ2v) is 3.72. The molecule has 11 heavy (non-hydrogen) atoms. The van der Waals surface area contributed by atoms with Crippen LogP contribution in [0.1, 0.15) is 6.42 Å². The fourth-order valence-electron chi connectivity index (χ4n) is 1.08. The average molecular weight is 176 g/mol. The van der Waals surface area contributed by atoms with Gasteiger partial charge in [0.15, 0.2) is 0 Å². The Bertz CT molecular complexity index is 149. The van der Waals surface area contributed by atoms with Gasteiger partial charge in [-0.2, -0.15) is 11.8 Å². The largest absolute Gasteiger partial charge is 0.469 e. The normalized spacial score (nSPS) is 30.4. The minimum absolute atomic E-state index is 0.104. The first kappa shape index (κ1) is 8.87. The number of aliphatic hydroxyl groups is 1. The van der Waals surface area contributed by atoms with E-state index in [1.165, 1.54) is 7.11 Å². The van der Waals surface area contributed by atoms with E-state index in [0.717, 1.165) is 11.5 Å². The molecular formula is C7H12O3S. The van der Waals surface area contributed by atoms with Gasteiger partial charge in [-0.25, -0.2) is 0 Å². The summed E-state index contributed by atoms with van der Waals surface area (Å²) in [5.74, 6) is 1.50. The van der Waals surface area contributed by atoms with Crippen LogP contribution in [0.4, 0.5) is 0 Å². The van der Waals surface area contributed by atoms with Gasteiger partial charge in [-0.15, -0.1) is 0 Å². The van der Waals surface area contributed by atoms with Gasteiger partial charge < -0.3 is 9.84 Å². The third kappa shape index (κ3) is 2.38. The number of rotatable bonds is 2. The van der Waals surface area contributed by atoms with Gasteiger partial charge in [-0.05, 0) is 5.75 Å². The van der Waals surface area contributed by atoms with Crippen molar-refractivity contribution in [1.82, 2.24) is 0 Å². The van der Waals surface area contributed by atoms with E-state index in [2.05, 4.69) is 4.74 Å². The Morgan fingerprint density at radius 3 is 2.91 bits per heavy atom. The topological polar surface area (TPSA) is 46.5 Å². The molecule has 0 aromatic carbocycles. The molecule has 0 bridgehead atoms. The Labute approximate surface area is 70.1 Å². The maximum Gasteiger partial charge on any atom is 0.305 e. The predicted molar refractivity (Wildman–Crippen MR) is 43.5 cm³/mol. The molecule has 1 aliphatic rings. The summed E-state index contributed by atoms with van der Waals surface area (Å²) in [5, 5.41) is 9.30. The van der Waals surface area contributed by atoms with Gasteiger partial charge in [0.1, 0.15) is 0 Å². The maximum absolute atomic E-state index is 10.8. The number of carbonyl (C=O) groups excluding carboxylic acids is 1. The molecule has 2 atom stereocenters. The highest BCUT2D eigenvalue weighted by molar-refractivity contribution is 7.99. The number of ether oxygens (including phenoxy) is 1. The molecule has 0 aromatic rings. The monoisotopic (exact) mass is 176 g/mol. The number of thioether (sulfide) groups is 1. The van der Waals surface area contributed by atoms with E-state index in [1.54, 1.807) is 11.8 Å². The summed E-state index contributed by atoms with van der Waals surface area (Å²) < 4.78 is 4.50. The highest BCUT2D eigenvalue weighted by atomic mass is 32.2. The zero-order valence-electron chi connectivity index (χ0n) is 6.45. The molecule has 0 amide bonds. The molecular weight excluding hydrogens is 164 g/mol. The fourth-order valence-corrected chi connectivity index (χ4v) is 2.37. The molecule has 1 aliphatic heterocycles. The lowest BCUT2D eigenvalue weighted by molar-refractivity contribution is -0.142. The molecule has 0 radical (unpaired) electrons. The van der Waals surface area contributed by atoms with Crippen LogP contribution in [0.2, 0.25) is 0 Å². The van der Waals surface area contributed by atoms with Crippen LogP contribution in [-0.2, 0) is 9.53 Å². The first-order chi connectivity index (χ1) is 5.24. The third-order valence-electron chi connectivity index (χ3n) is 1.82. The van der Waals surface area contributed by atoms with Gasteiger partial charge in [-0.1, -0.05) is 0 Å². The summed E-state index contributed by atoms with van der Waals surface area (Å²) in [7, 11) is 1.37. The van der Waals surface area contributed by atoms with Crippen molar-refractivity contribution in [1.29, 1.82) is 0 Å². The molecule has 0 aliphatic carbocycles. The number of aliphatic hydroxyl groups excluding tert-OH is 1. The lowest BCUT2D eigenvalue weighted by atomic mass is 10.0. The number of methoxy groups -OCH3 is 1. The molecule has 4 heteroatoms. The molecule has 64 valence electrons. The Morgan fingerprint density at radius 1 is 1.73 bits per heavy atom. The van der Waals surface area contributed by atoms with E-state index in [1.807, 2.05) is 0 Å². The predicted octanol–water partition coefficient (Wildman–Crippen LogP) is 0.273.